The number of rotatable bonds is 2. The van der Waals surface area contributed by atoms with E-state index in [0.717, 1.165) is 42.7 Å². The van der Waals surface area contributed by atoms with Crippen LogP contribution in [0.1, 0.15) is 57.4 Å². The quantitative estimate of drug-likeness (QED) is 0.840. The first-order valence-corrected chi connectivity index (χ1v) is 8.97. The van der Waals surface area contributed by atoms with Crippen LogP contribution in [0.15, 0.2) is 30.6 Å². The number of carbonyl (C=O) groups excluding carboxylic acids is 1. The van der Waals surface area contributed by atoms with Crippen LogP contribution in [0.5, 0.6) is 0 Å². The lowest BCUT2D eigenvalue weighted by molar-refractivity contribution is 0.0740. The topological polar surface area (TPSA) is 33.2 Å². The molecule has 0 radical (unpaired) electrons. The third-order valence-electron chi connectivity index (χ3n) is 4.79. The van der Waals surface area contributed by atoms with E-state index in [1.165, 1.54) is 23.3 Å². The van der Waals surface area contributed by atoms with E-state index in [2.05, 4.69) is 17.1 Å². The lowest BCUT2D eigenvalue weighted by Gasteiger charge is -2.24. The van der Waals surface area contributed by atoms with Crippen molar-refractivity contribution < 1.29 is 4.79 Å². The van der Waals surface area contributed by atoms with Crippen LogP contribution in [-0.2, 0) is 12.8 Å². The number of hydrogen-bond donors (Lipinski definition) is 0. The predicted molar refractivity (Wildman–Crippen MR) is 88.2 cm³/mol. The zero-order valence-electron chi connectivity index (χ0n) is 12.6. The minimum Gasteiger partial charge on any atom is -0.331 e. The van der Waals surface area contributed by atoms with Gasteiger partial charge in [0.2, 0.25) is 0 Å². The van der Waals surface area contributed by atoms with Crippen molar-refractivity contribution in [3.05, 3.63) is 51.5 Å². The fourth-order valence-corrected chi connectivity index (χ4v) is 4.88. The third-order valence-corrected chi connectivity index (χ3v) is 6.02. The number of aryl methyl sites for hydroxylation is 2. The number of hydrogen-bond acceptors (Lipinski definition) is 3. The number of likely N-dealkylation sites (tertiary alicyclic amines) is 1. The van der Waals surface area contributed by atoms with Gasteiger partial charge in [-0.1, -0.05) is 6.07 Å². The second-order valence-electron chi connectivity index (χ2n) is 6.21. The molecule has 3 heterocycles. The molecule has 1 fully saturated rings. The standard InChI is InChI=1S/C18H20N2OS/c21-18(17-11-13-5-1-2-8-16(13)22-17)20-10-4-7-15(20)14-6-3-9-19-12-14/h3,6,9,11-12,15H,1-2,4-5,7-8,10H2. The van der Waals surface area contributed by atoms with Gasteiger partial charge in [-0.3, -0.25) is 9.78 Å². The van der Waals surface area contributed by atoms with Crippen molar-refractivity contribution in [2.75, 3.05) is 6.54 Å². The lowest BCUT2D eigenvalue weighted by Crippen LogP contribution is -2.30. The van der Waals surface area contributed by atoms with Crippen LogP contribution in [0.3, 0.4) is 0 Å². The van der Waals surface area contributed by atoms with Gasteiger partial charge in [0.25, 0.3) is 5.91 Å². The highest BCUT2D eigenvalue weighted by atomic mass is 32.1. The summed E-state index contributed by atoms with van der Waals surface area (Å²) in [5.74, 6) is 0.214. The summed E-state index contributed by atoms with van der Waals surface area (Å²) in [5.41, 5.74) is 2.58. The zero-order valence-corrected chi connectivity index (χ0v) is 13.4. The SMILES string of the molecule is O=C(c1cc2c(s1)CCCC2)N1CCCC1c1cccnc1. The van der Waals surface area contributed by atoms with Gasteiger partial charge in [0, 0.05) is 23.8 Å². The Labute approximate surface area is 135 Å². The summed E-state index contributed by atoms with van der Waals surface area (Å²) < 4.78 is 0. The molecule has 1 atom stereocenters. The molecule has 0 spiro atoms. The van der Waals surface area contributed by atoms with Gasteiger partial charge in [-0.25, -0.2) is 0 Å². The Morgan fingerprint density at radius 2 is 2.18 bits per heavy atom. The Hall–Kier alpha value is -1.68. The van der Waals surface area contributed by atoms with Crippen LogP contribution >= 0.6 is 11.3 Å². The molecule has 1 saturated heterocycles. The number of fused-ring (bicyclic) bond motifs is 1. The van der Waals surface area contributed by atoms with E-state index in [1.54, 1.807) is 17.5 Å². The maximum absolute atomic E-state index is 13.0. The van der Waals surface area contributed by atoms with Gasteiger partial charge in [0.1, 0.15) is 0 Å². The number of thiophene rings is 1. The smallest absolute Gasteiger partial charge is 0.264 e. The Kier molecular flexibility index (Phi) is 3.70. The van der Waals surface area contributed by atoms with Crippen LogP contribution in [0.4, 0.5) is 0 Å². The van der Waals surface area contributed by atoms with E-state index in [-0.39, 0.29) is 11.9 Å². The van der Waals surface area contributed by atoms with Gasteiger partial charge in [-0.15, -0.1) is 11.3 Å². The summed E-state index contributed by atoms with van der Waals surface area (Å²) in [5, 5.41) is 0. The molecule has 22 heavy (non-hydrogen) atoms. The summed E-state index contributed by atoms with van der Waals surface area (Å²) in [4.78, 5) is 21.6. The number of nitrogens with zero attached hydrogens (tertiary/aromatic N) is 2. The Morgan fingerprint density at radius 3 is 3.00 bits per heavy atom. The van der Waals surface area contributed by atoms with Crippen molar-refractivity contribution in [1.29, 1.82) is 0 Å². The summed E-state index contributed by atoms with van der Waals surface area (Å²) in [7, 11) is 0. The van der Waals surface area contributed by atoms with Crippen LogP contribution in [0.2, 0.25) is 0 Å². The van der Waals surface area contributed by atoms with Crippen LogP contribution in [0, 0.1) is 0 Å². The fourth-order valence-electron chi connectivity index (χ4n) is 3.67. The van der Waals surface area contributed by atoms with Gasteiger partial charge in [-0.2, -0.15) is 0 Å². The van der Waals surface area contributed by atoms with Crippen molar-refractivity contribution in [1.82, 2.24) is 9.88 Å². The molecule has 0 N–H and O–H groups in total. The molecule has 4 rings (SSSR count). The minimum absolute atomic E-state index is 0.195. The Bertz CT molecular complexity index is 656. The average molecular weight is 312 g/mol. The minimum atomic E-state index is 0.195. The highest BCUT2D eigenvalue weighted by molar-refractivity contribution is 7.14. The van der Waals surface area contributed by atoms with Crippen molar-refractivity contribution in [2.45, 2.75) is 44.6 Å². The second-order valence-corrected chi connectivity index (χ2v) is 7.35. The molecule has 1 unspecified atom stereocenters. The summed E-state index contributed by atoms with van der Waals surface area (Å²) >= 11 is 1.72. The van der Waals surface area contributed by atoms with Gasteiger partial charge in [-0.05, 0) is 61.8 Å². The first-order chi connectivity index (χ1) is 10.8. The molecule has 0 aromatic carbocycles. The van der Waals surface area contributed by atoms with Crippen LogP contribution in [-0.4, -0.2) is 22.3 Å². The largest absolute Gasteiger partial charge is 0.331 e. The molecule has 2 aromatic heterocycles. The molecule has 4 heteroatoms. The Balaban J connectivity index is 1.60. The zero-order chi connectivity index (χ0) is 14.9. The molecule has 1 amide bonds. The molecule has 114 valence electrons. The van der Waals surface area contributed by atoms with E-state index in [4.69, 9.17) is 0 Å². The molecule has 0 bridgehead atoms. The third kappa shape index (κ3) is 2.45. The van der Waals surface area contributed by atoms with Gasteiger partial charge in [0.15, 0.2) is 0 Å². The van der Waals surface area contributed by atoms with E-state index < -0.39 is 0 Å². The van der Waals surface area contributed by atoms with E-state index in [9.17, 15) is 4.79 Å². The summed E-state index contributed by atoms with van der Waals surface area (Å²) in [6.45, 7) is 0.862. The number of carbonyl (C=O) groups is 1. The molecular formula is C18H20N2OS. The predicted octanol–water partition coefficient (Wildman–Crippen LogP) is 4.00. The van der Waals surface area contributed by atoms with Crippen LogP contribution < -0.4 is 0 Å². The number of pyridine rings is 1. The van der Waals surface area contributed by atoms with Crippen molar-refractivity contribution in [2.24, 2.45) is 0 Å². The maximum atomic E-state index is 13.0. The highest BCUT2D eigenvalue weighted by Crippen LogP contribution is 2.36. The van der Waals surface area contributed by atoms with E-state index in [0.29, 0.717) is 0 Å². The van der Waals surface area contributed by atoms with E-state index in [1.807, 2.05) is 17.2 Å². The summed E-state index contributed by atoms with van der Waals surface area (Å²) in [6, 6.07) is 6.39. The number of aromatic nitrogens is 1. The van der Waals surface area contributed by atoms with Gasteiger partial charge >= 0.3 is 0 Å². The van der Waals surface area contributed by atoms with Crippen molar-refractivity contribution in [3.63, 3.8) is 0 Å². The first-order valence-electron chi connectivity index (χ1n) is 8.15. The molecule has 2 aromatic rings. The molecule has 1 aliphatic heterocycles. The molecule has 3 nitrogen and oxygen atoms in total. The van der Waals surface area contributed by atoms with Crippen molar-refractivity contribution in [3.8, 4) is 0 Å². The second kappa shape index (κ2) is 5.84. The average Bonchev–Trinajstić information content (AvgIpc) is 3.21. The van der Waals surface area contributed by atoms with E-state index >= 15 is 0 Å². The van der Waals surface area contributed by atoms with Crippen LogP contribution in [0.25, 0.3) is 0 Å². The molecule has 1 aliphatic carbocycles. The molecule has 0 saturated carbocycles. The monoisotopic (exact) mass is 312 g/mol. The Morgan fingerprint density at radius 1 is 1.27 bits per heavy atom. The van der Waals surface area contributed by atoms with Gasteiger partial charge in [0.05, 0.1) is 10.9 Å². The normalized spacial score (nSPS) is 20.9. The van der Waals surface area contributed by atoms with Gasteiger partial charge < -0.3 is 4.90 Å². The molecular weight excluding hydrogens is 292 g/mol. The summed E-state index contributed by atoms with van der Waals surface area (Å²) in [6.07, 6.45) is 10.6. The fraction of sp³-hybridized carbons (Fsp3) is 0.444. The molecule has 2 aliphatic rings. The lowest BCUT2D eigenvalue weighted by atomic mass is 9.99. The number of amides is 1. The highest BCUT2D eigenvalue weighted by Gasteiger charge is 2.32. The maximum Gasteiger partial charge on any atom is 0.264 e. The first kappa shape index (κ1) is 13.9. The van der Waals surface area contributed by atoms with Crippen molar-refractivity contribution >= 4 is 17.2 Å².